The van der Waals surface area contributed by atoms with E-state index in [1.165, 1.54) is 35.9 Å². The molecule has 0 aliphatic carbocycles. The summed E-state index contributed by atoms with van der Waals surface area (Å²) in [6, 6.07) is 10.7. The molecule has 1 heterocycles. The van der Waals surface area contributed by atoms with E-state index in [4.69, 9.17) is 22.2 Å². The molecule has 2 atom stereocenters. The first-order chi connectivity index (χ1) is 14.7. The average molecular weight is 467 g/mol. The molecule has 3 N–H and O–H groups in total. The van der Waals surface area contributed by atoms with E-state index >= 15 is 0 Å². The maximum absolute atomic E-state index is 13.0. The van der Waals surface area contributed by atoms with Crippen LogP contribution in [0.5, 0.6) is 5.75 Å². The van der Waals surface area contributed by atoms with Gasteiger partial charge in [0.25, 0.3) is 5.91 Å². The van der Waals surface area contributed by atoms with Crippen molar-refractivity contribution in [2.24, 2.45) is 0 Å². The van der Waals surface area contributed by atoms with E-state index in [0.717, 1.165) is 12.8 Å². The first-order valence-electron chi connectivity index (χ1n) is 9.73. The number of hydrogen-bond acceptors (Lipinski definition) is 8. The SMILES string of the molecule is CCCCOc1ccc(S(=O)(=O)CC(O)(C(=O)NO)C(=S)C(C)c2ccccn2)cc1. The third kappa shape index (κ3) is 6.07. The number of pyridine rings is 1. The van der Waals surface area contributed by atoms with Gasteiger partial charge in [0.1, 0.15) is 5.75 Å². The zero-order chi connectivity index (χ0) is 23.1. The Morgan fingerprint density at radius 2 is 1.94 bits per heavy atom. The van der Waals surface area contributed by atoms with Crippen molar-refractivity contribution in [3.8, 4) is 5.75 Å². The Labute approximate surface area is 187 Å². The Morgan fingerprint density at radius 3 is 2.48 bits per heavy atom. The molecule has 0 aliphatic heterocycles. The Balaban J connectivity index is 2.30. The van der Waals surface area contributed by atoms with Gasteiger partial charge in [-0.3, -0.25) is 15.0 Å². The lowest BCUT2D eigenvalue weighted by atomic mass is 9.89. The summed E-state index contributed by atoms with van der Waals surface area (Å²) in [6.07, 6.45) is 3.35. The molecule has 8 nitrogen and oxygen atoms in total. The topological polar surface area (TPSA) is 126 Å². The minimum absolute atomic E-state index is 0.118. The lowest BCUT2D eigenvalue weighted by Gasteiger charge is -2.29. The van der Waals surface area contributed by atoms with Crippen LogP contribution >= 0.6 is 12.2 Å². The Kier molecular flexibility index (Phi) is 8.63. The van der Waals surface area contributed by atoms with Crippen molar-refractivity contribution >= 4 is 32.8 Å². The lowest BCUT2D eigenvalue weighted by Crippen LogP contribution is -2.57. The fraction of sp³-hybridized carbons (Fsp3) is 0.381. The minimum atomic E-state index is -4.16. The van der Waals surface area contributed by atoms with Crippen molar-refractivity contribution < 1.29 is 28.3 Å². The van der Waals surface area contributed by atoms with Crippen LogP contribution in [0, 0.1) is 0 Å². The van der Waals surface area contributed by atoms with Crippen molar-refractivity contribution in [2.45, 2.75) is 43.1 Å². The van der Waals surface area contributed by atoms with E-state index in [9.17, 15) is 18.3 Å². The number of rotatable bonds is 11. The Hall–Kier alpha value is -2.40. The molecular weight excluding hydrogens is 440 g/mol. The van der Waals surface area contributed by atoms with Crippen LogP contribution < -0.4 is 10.2 Å². The van der Waals surface area contributed by atoms with Crippen LogP contribution in [0.3, 0.4) is 0 Å². The predicted molar refractivity (Wildman–Crippen MR) is 119 cm³/mol. The molecule has 2 aromatic rings. The number of hydroxylamine groups is 1. The second-order valence-corrected chi connectivity index (χ2v) is 9.50. The van der Waals surface area contributed by atoms with E-state index in [2.05, 4.69) is 4.98 Å². The maximum Gasteiger partial charge on any atom is 0.281 e. The molecule has 0 fully saturated rings. The summed E-state index contributed by atoms with van der Waals surface area (Å²) in [6.45, 7) is 4.13. The summed E-state index contributed by atoms with van der Waals surface area (Å²) < 4.78 is 31.5. The number of unbranched alkanes of at least 4 members (excludes halogenated alkanes) is 1. The monoisotopic (exact) mass is 466 g/mol. The maximum atomic E-state index is 13.0. The number of nitrogens with one attached hydrogen (secondary N) is 1. The molecule has 31 heavy (non-hydrogen) atoms. The normalized spacial score (nSPS) is 14.3. The fourth-order valence-electron chi connectivity index (χ4n) is 2.90. The number of benzene rings is 1. The molecule has 1 amide bonds. The molecule has 0 saturated carbocycles. The summed E-state index contributed by atoms with van der Waals surface area (Å²) >= 11 is 5.29. The molecule has 168 valence electrons. The van der Waals surface area contributed by atoms with Crippen LogP contribution in [0.15, 0.2) is 53.6 Å². The highest BCUT2D eigenvalue weighted by molar-refractivity contribution is 7.91. The predicted octanol–water partition coefficient (Wildman–Crippen LogP) is 2.44. The van der Waals surface area contributed by atoms with E-state index in [1.54, 1.807) is 25.1 Å². The third-order valence-corrected chi connectivity index (χ3v) is 7.24. The van der Waals surface area contributed by atoms with Crippen molar-refractivity contribution in [1.29, 1.82) is 0 Å². The number of nitrogens with zero attached hydrogens (tertiary/aromatic N) is 1. The zero-order valence-corrected chi connectivity index (χ0v) is 18.9. The fourth-order valence-corrected chi connectivity index (χ4v) is 4.83. The van der Waals surface area contributed by atoms with Gasteiger partial charge in [-0.05, 0) is 42.8 Å². The van der Waals surface area contributed by atoms with Gasteiger partial charge in [0.15, 0.2) is 15.4 Å². The first-order valence-corrected chi connectivity index (χ1v) is 11.8. The molecule has 0 spiro atoms. The number of amides is 1. The van der Waals surface area contributed by atoms with Gasteiger partial charge in [-0.15, -0.1) is 0 Å². The van der Waals surface area contributed by atoms with Crippen LogP contribution in [0.2, 0.25) is 0 Å². The average Bonchev–Trinajstić information content (AvgIpc) is 2.78. The summed E-state index contributed by atoms with van der Waals surface area (Å²) in [5.41, 5.74) is -0.886. The zero-order valence-electron chi connectivity index (χ0n) is 17.3. The summed E-state index contributed by atoms with van der Waals surface area (Å²) in [5, 5.41) is 20.2. The number of carbonyl (C=O) groups excluding carboxylic acids is 1. The standard InChI is InChI=1S/C21H26N2O6S2/c1-3-4-13-29-16-8-10-17(11-9-16)31(27,28)14-21(25,20(24)23-26)19(30)15(2)18-7-5-6-12-22-18/h5-12,15,25-26H,3-4,13-14H2,1-2H3,(H,23,24). The number of aliphatic hydroxyl groups is 1. The minimum Gasteiger partial charge on any atom is -0.494 e. The molecule has 2 rings (SSSR count). The van der Waals surface area contributed by atoms with Gasteiger partial charge in [0.2, 0.25) is 0 Å². The molecule has 0 saturated heterocycles. The van der Waals surface area contributed by atoms with Gasteiger partial charge >= 0.3 is 0 Å². The number of thiocarbonyl (C=S) groups is 1. The molecule has 1 aromatic carbocycles. The van der Waals surface area contributed by atoms with Crippen molar-refractivity contribution in [1.82, 2.24) is 10.5 Å². The number of ether oxygens (including phenoxy) is 1. The molecule has 2 unspecified atom stereocenters. The van der Waals surface area contributed by atoms with Crippen molar-refractivity contribution in [3.63, 3.8) is 0 Å². The highest BCUT2D eigenvalue weighted by Crippen LogP contribution is 2.27. The highest BCUT2D eigenvalue weighted by Gasteiger charge is 2.47. The van der Waals surface area contributed by atoms with Crippen LogP contribution in [-0.2, 0) is 14.6 Å². The number of carbonyl (C=O) groups is 1. The highest BCUT2D eigenvalue weighted by atomic mass is 32.2. The van der Waals surface area contributed by atoms with Gasteiger partial charge < -0.3 is 9.84 Å². The number of aromatic nitrogens is 1. The van der Waals surface area contributed by atoms with E-state index in [1.807, 2.05) is 6.92 Å². The van der Waals surface area contributed by atoms with Crippen LogP contribution in [-0.4, -0.2) is 52.4 Å². The van der Waals surface area contributed by atoms with Crippen molar-refractivity contribution in [3.05, 3.63) is 54.4 Å². The summed E-state index contributed by atoms with van der Waals surface area (Å²) in [4.78, 5) is 16.1. The molecule has 0 radical (unpaired) electrons. The third-order valence-electron chi connectivity index (χ3n) is 4.76. The molecule has 0 bridgehead atoms. The second-order valence-electron chi connectivity index (χ2n) is 7.07. The lowest BCUT2D eigenvalue weighted by molar-refractivity contribution is -0.140. The van der Waals surface area contributed by atoms with E-state index in [0.29, 0.717) is 18.1 Å². The molecule has 0 aliphatic rings. The molecule has 10 heteroatoms. The summed E-state index contributed by atoms with van der Waals surface area (Å²) in [7, 11) is -4.16. The van der Waals surface area contributed by atoms with Crippen LogP contribution in [0.4, 0.5) is 0 Å². The largest absolute Gasteiger partial charge is 0.494 e. The number of hydrogen-bond donors (Lipinski definition) is 3. The van der Waals surface area contributed by atoms with Gasteiger partial charge in [-0.1, -0.05) is 38.6 Å². The van der Waals surface area contributed by atoms with Crippen LogP contribution in [0.1, 0.15) is 38.3 Å². The molecular formula is C21H26N2O6S2. The summed E-state index contributed by atoms with van der Waals surface area (Å²) in [5.74, 6) is -2.60. The van der Waals surface area contributed by atoms with Crippen LogP contribution in [0.25, 0.3) is 0 Å². The van der Waals surface area contributed by atoms with E-state index < -0.39 is 33.0 Å². The van der Waals surface area contributed by atoms with Gasteiger partial charge in [0, 0.05) is 22.7 Å². The van der Waals surface area contributed by atoms with Gasteiger partial charge in [-0.25, -0.2) is 13.9 Å². The Morgan fingerprint density at radius 1 is 1.26 bits per heavy atom. The van der Waals surface area contributed by atoms with E-state index in [-0.39, 0.29) is 9.76 Å². The second kappa shape index (κ2) is 10.8. The quantitative estimate of drug-likeness (QED) is 0.200. The van der Waals surface area contributed by atoms with Gasteiger partial charge in [0.05, 0.1) is 17.3 Å². The first kappa shape index (κ1) is 24.9. The number of sulfone groups is 1. The smallest absolute Gasteiger partial charge is 0.281 e. The molecule has 1 aromatic heterocycles. The Bertz CT molecular complexity index is 996. The van der Waals surface area contributed by atoms with Crippen molar-refractivity contribution in [2.75, 3.05) is 12.4 Å². The van der Waals surface area contributed by atoms with Gasteiger partial charge in [-0.2, -0.15) is 0 Å².